The maximum Gasteiger partial charge on any atom is 0.338 e. The van der Waals surface area contributed by atoms with E-state index in [2.05, 4.69) is 0 Å². The molecule has 1 aliphatic carbocycles. The van der Waals surface area contributed by atoms with E-state index in [9.17, 15) is 19.7 Å². The second kappa shape index (κ2) is 6.49. The Morgan fingerprint density at radius 3 is 2.26 bits per heavy atom. The number of esters is 1. The average molecular weight is 359 g/mol. The Labute approximate surface area is 154 Å². The van der Waals surface area contributed by atoms with E-state index >= 15 is 0 Å². The molecular formula is C21H13NO5. The number of rotatable bonds is 4. The third kappa shape index (κ3) is 2.97. The third-order valence-corrected chi connectivity index (χ3v) is 4.48. The van der Waals surface area contributed by atoms with Gasteiger partial charge in [-0.3, -0.25) is 14.9 Å². The smallest absolute Gasteiger partial charge is 0.338 e. The zero-order valence-corrected chi connectivity index (χ0v) is 14.0. The normalized spacial score (nSPS) is 11.6. The van der Waals surface area contributed by atoms with Crippen LogP contribution in [0, 0.1) is 10.1 Å². The van der Waals surface area contributed by atoms with Gasteiger partial charge in [0.25, 0.3) is 5.69 Å². The van der Waals surface area contributed by atoms with Crippen LogP contribution in [-0.4, -0.2) is 16.7 Å². The lowest BCUT2D eigenvalue weighted by Crippen LogP contribution is -2.06. The Morgan fingerprint density at radius 2 is 1.56 bits per heavy atom. The average Bonchev–Trinajstić information content (AvgIpc) is 2.98. The van der Waals surface area contributed by atoms with E-state index in [1.54, 1.807) is 36.4 Å². The van der Waals surface area contributed by atoms with Crippen LogP contribution in [0.5, 0.6) is 0 Å². The number of benzene rings is 3. The van der Waals surface area contributed by atoms with Crippen molar-refractivity contribution in [3.8, 4) is 11.1 Å². The van der Waals surface area contributed by atoms with Crippen LogP contribution in [0.25, 0.3) is 11.1 Å². The summed E-state index contributed by atoms with van der Waals surface area (Å²) in [5.41, 5.74) is 3.71. The van der Waals surface area contributed by atoms with Crippen molar-refractivity contribution in [1.82, 2.24) is 0 Å². The van der Waals surface area contributed by atoms with Crippen LogP contribution in [0.15, 0.2) is 66.7 Å². The Bertz CT molecular complexity index is 1090. The molecule has 0 fully saturated rings. The summed E-state index contributed by atoms with van der Waals surface area (Å²) in [5.74, 6) is -0.570. The molecule has 0 heterocycles. The molecule has 0 amide bonds. The molecule has 0 atom stereocenters. The number of nitro benzene ring substituents is 1. The van der Waals surface area contributed by atoms with E-state index in [1.165, 1.54) is 12.1 Å². The zero-order chi connectivity index (χ0) is 19.0. The predicted octanol–water partition coefficient (Wildman–Crippen LogP) is 4.16. The Kier molecular flexibility index (Phi) is 4.01. The lowest BCUT2D eigenvalue weighted by molar-refractivity contribution is -0.384. The van der Waals surface area contributed by atoms with Gasteiger partial charge in [0, 0.05) is 23.3 Å². The second-order valence-corrected chi connectivity index (χ2v) is 6.13. The van der Waals surface area contributed by atoms with Crippen molar-refractivity contribution in [3.63, 3.8) is 0 Å². The first kappa shape index (κ1) is 16.7. The van der Waals surface area contributed by atoms with Crippen LogP contribution in [0.3, 0.4) is 0 Å². The summed E-state index contributed by atoms with van der Waals surface area (Å²) in [4.78, 5) is 34.9. The molecule has 0 bridgehead atoms. The Morgan fingerprint density at radius 1 is 0.889 bits per heavy atom. The number of ether oxygens (including phenoxy) is 1. The van der Waals surface area contributed by atoms with Crippen LogP contribution in [0.1, 0.15) is 31.8 Å². The first-order chi connectivity index (χ1) is 13.0. The Hall–Kier alpha value is -3.80. The van der Waals surface area contributed by atoms with Crippen molar-refractivity contribution >= 4 is 17.4 Å². The van der Waals surface area contributed by atoms with Crippen molar-refractivity contribution in [2.75, 3.05) is 0 Å². The van der Waals surface area contributed by atoms with Gasteiger partial charge in [-0.2, -0.15) is 0 Å². The number of carbonyl (C=O) groups is 2. The first-order valence-electron chi connectivity index (χ1n) is 8.23. The fourth-order valence-corrected chi connectivity index (χ4v) is 3.10. The molecule has 3 aromatic carbocycles. The predicted molar refractivity (Wildman–Crippen MR) is 97.5 cm³/mol. The summed E-state index contributed by atoms with van der Waals surface area (Å²) < 4.78 is 5.30. The van der Waals surface area contributed by atoms with Gasteiger partial charge in [-0.05, 0) is 47.0 Å². The largest absolute Gasteiger partial charge is 0.457 e. The fraction of sp³-hybridized carbons (Fsp3) is 0.0476. The van der Waals surface area contributed by atoms with Gasteiger partial charge < -0.3 is 4.74 Å². The van der Waals surface area contributed by atoms with Crippen molar-refractivity contribution in [1.29, 1.82) is 0 Å². The van der Waals surface area contributed by atoms with Gasteiger partial charge in [-0.25, -0.2) is 4.79 Å². The standard InChI is InChI=1S/C21H13NO5/c23-20-17-4-2-1-3-16(17)19-11-14(7-10-18(19)20)21(24)27-12-13-5-8-15(9-6-13)22(25)26/h1-11H,12H2. The zero-order valence-electron chi connectivity index (χ0n) is 14.0. The van der Waals surface area contributed by atoms with E-state index in [0.29, 0.717) is 22.3 Å². The third-order valence-electron chi connectivity index (χ3n) is 4.48. The number of nitrogens with zero attached hydrogens (tertiary/aromatic N) is 1. The highest BCUT2D eigenvalue weighted by Gasteiger charge is 2.27. The van der Waals surface area contributed by atoms with E-state index in [-0.39, 0.29) is 18.1 Å². The fourth-order valence-electron chi connectivity index (χ4n) is 3.10. The van der Waals surface area contributed by atoms with Crippen molar-refractivity contribution in [2.24, 2.45) is 0 Å². The van der Waals surface area contributed by atoms with E-state index in [4.69, 9.17) is 4.74 Å². The van der Waals surface area contributed by atoms with Gasteiger partial charge >= 0.3 is 5.97 Å². The monoisotopic (exact) mass is 359 g/mol. The molecule has 0 aromatic heterocycles. The maximum atomic E-state index is 12.4. The number of ketones is 1. The minimum absolute atomic E-state index is 0.00340. The number of hydrogen-bond donors (Lipinski definition) is 0. The molecule has 6 nitrogen and oxygen atoms in total. The van der Waals surface area contributed by atoms with Gasteiger partial charge in [-0.1, -0.05) is 24.3 Å². The van der Waals surface area contributed by atoms with Crippen LogP contribution in [-0.2, 0) is 11.3 Å². The molecular weight excluding hydrogens is 346 g/mol. The van der Waals surface area contributed by atoms with Crippen LogP contribution >= 0.6 is 0 Å². The molecule has 0 N–H and O–H groups in total. The summed E-state index contributed by atoms with van der Waals surface area (Å²) in [6.45, 7) is 0.00340. The maximum absolute atomic E-state index is 12.4. The molecule has 27 heavy (non-hydrogen) atoms. The van der Waals surface area contributed by atoms with Crippen LogP contribution < -0.4 is 0 Å². The van der Waals surface area contributed by atoms with Crippen LogP contribution in [0.4, 0.5) is 5.69 Å². The number of non-ortho nitro benzene ring substituents is 1. The van der Waals surface area contributed by atoms with Gasteiger partial charge in [0.1, 0.15) is 6.61 Å². The van der Waals surface area contributed by atoms with Gasteiger partial charge in [0.2, 0.25) is 0 Å². The van der Waals surface area contributed by atoms with Gasteiger partial charge in [-0.15, -0.1) is 0 Å². The van der Waals surface area contributed by atoms with Crippen molar-refractivity contribution in [3.05, 3.63) is 99.1 Å². The molecule has 0 unspecified atom stereocenters. The molecule has 4 rings (SSSR count). The van der Waals surface area contributed by atoms with Crippen molar-refractivity contribution in [2.45, 2.75) is 6.61 Å². The van der Waals surface area contributed by atoms with E-state index < -0.39 is 10.9 Å². The van der Waals surface area contributed by atoms with Crippen LogP contribution in [0.2, 0.25) is 0 Å². The van der Waals surface area contributed by atoms with Gasteiger partial charge in [0.15, 0.2) is 5.78 Å². The van der Waals surface area contributed by atoms with Crippen molar-refractivity contribution < 1.29 is 19.2 Å². The number of fused-ring (bicyclic) bond motifs is 3. The number of carbonyl (C=O) groups excluding carboxylic acids is 2. The summed E-state index contributed by atoms with van der Waals surface area (Å²) in [6.07, 6.45) is 0. The number of hydrogen-bond acceptors (Lipinski definition) is 5. The summed E-state index contributed by atoms with van der Waals surface area (Å²) in [5, 5.41) is 10.7. The number of nitro groups is 1. The highest BCUT2D eigenvalue weighted by atomic mass is 16.6. The van der Waals surface area contributed by atoms with Gasteiger partial charge in [0.05, 0.1) is 10.5 Å². The highest BCUT2D eigenvalue weighted by Crippen LogP contribution is 2.36. The molecule has 0 spiro atoms. The minimum atomic E-state index is -0.520. The lowest BCUT2D eigenvalue weighted by Gasteiger charge is -2.07. The summed E-state index contributed by atoms with van der Waals surface area (Å²) in [6, 6.07) is 18.0. The second-order valence-electron chi connectivity index (χ2n) is 6.13. The molecule has 0 radical (unpaired) electrons. The van der Waals surface area contributed by atoms with E-state index in [0.717, 1.165) is 11.1 Å². The molecule has 1 aliphatic rings. The molecule has 0 saturated carbocycles. The topological polar surface area (TPSA) is 86.5 Å². The first-order valence-corrected chi connectivity index (χ1v) is 8.23. The highest BCUT2D eigenvalue weighted by molar-refractivity contribution is 6.22. The SMILES string of the molecule is O=C(OCc1ccc([N+](=O)[O-])cc1)c1ccc2c(c1)-c1ccccc1C2=O. The van der Waals surface area contributed by atoms with E-state index in [1.807, 2.05) is 18.2 Å². The minimum Gasteiger partial charge on any atom is -0.457 e. The molecule has 0 saturated heterocycles. The Balaban J connectivity index is 1.52. The lowest BCUT2D eigenvalue weighted by atomic mass is 10.0. The molecule has 3 aromatic rings. The molecule has 0 aliphatic heterocycles. The molecule has 132 valence electrons. The quantitative estimate of drug-likeness (QED) is 0.310. The summed E-state index contributed by atoms with van der Waals surface area (Å²) >= 11 is 0. The summed E-state index contributed by atoms with van der Waals surface area (Å²) in [7, 11) is 0. The molecule has 6 heteroatoms.